The van der Waals surface area contributed by atoms with Gasteiger partial charge in [-0.15, -0.1) is 0 Å². The lowest BCUT2D eigenvalue weighted by atomic mass is 10.1. The summed E-state index contributed by atoms with van der Waals surface area (Å²) in [6, 6.07) is 11.8. The molecule has 0 fully saturated rings. The molecule has 0 unspecified atom stereocenters. The number of benzene rings is 2. The van der Waals surface area contributed by atoms with E-state index in [1.807, 2.05) is 18.2 Å². The van der Waals surface area contributed by atoms with Gasteiger partial charge in [0, 0.05) is 11.9 Å². The molecule has 3 aromatic rings. The summed E-state index contributed by atoms with van der Waals surface area (Å²) in [4.78, 5) is 11.8. The van der Waals surface area contributed by atoms with Crippen molar-refractivity contribution < 1.29 is 4.39 Å². The molecule has 2 N–H and O–H groups in total. The minimum absolute atomic E-state index is 0.125. The van der Waals surface area contributed by atoms with Crippen molar-refractivity contribution in [2.75, 3.05) is 0 Å². The van der Waals surface area contributed by atoms with Crippen LogP contribution in [0.2, 0.25) is 0 Å². The molecule has 0 atom stereocenters. The van der Waals surface area contributed by atoms with E-state index in [0.29, 0.717) is 18.5 Å². The van der Waals surface area contributed by atoms with Crippen LogP contribution >= 0.6 is 0 Å². The Morgan fingerprint density at radius 1 is 1.14 bits per heavy atom. The Labute approximate surface area is 120 Å². The van der Waals surface area contributed by atoms with Crippen LogP contribution in [0.15, 0.2) is 53.5 Å². The standard InChI is InChI=1S/C16H14FN3O/c17-13-6-5-11(8-18)12(7-13)10-20-15-4-2-1-3-14(15)16(21)9-19-20/h1-7,9H,8,10,18H2. The number of rotatable bonds is 3. The molecule has 0 radical (unpaired) electrons. The van der Waals surface area contributed by atoms with E-state index in [4.69, 9.17) is 5.73 Å². The summed E-state index contributed by atoms with van der Waals surface area (Å²) >= 11 is 0. The van der Waals surface area contributed by atoms with Gasteiger partial charge < -0.3 is 5.73 Å². The number of fused-ring (bicyclic) bond motifs is 1. The zero-order valence-electron chi connectivity index (χ0n) is 11.3. The molecule has 0 spiro atoms. The maximum atomic E-state index is 13.4. The highest BCUT2D eigenvalue weighted by Crippen LogP contribution is 2.15. The van der Waals surface area contributed by atoms with Crippen LogP contribution in [0.4, 0.5) is 4.39 Å². The van der Waals surface area contributed by atoms with Gasteiger partial charge in [0.1, 0.15) is 5.82 Å². The van der Waals surface area contributed by atoms with Gasteiger partial charge in [-0.1, -0.05) is 18.2 Å². The second-order valence-electron chi connectivity index (χ2n) is 4.80. The smallest absolute Gasteiger partial charge is 0.207 e. The topological polar surface area (TPSA) is 60.9 Å². The Balaban J connectivity index is 2.13. The molecule has 0 saturated heterocycles. The van der Waals surface area contributed by atoms with Gasteiger partial charge in [-0.2, -0.15) is 5.10 Å². The third-order valence-electron chi connectivity index (χ3n) is 3.47. The Bertz CT molecular complexity index is 858. The fraction of sp³-hybridized carbons (Fsp3) is 0.125. The molecule has 2 aromatic carbocycles. The van der Waals surface area contributed by atoms with E-state index in [9.17, 15) is 9.18 Å². The Morgan fingerprint density at radius 3 is 2.76 bits per heavy atom. The number of halogens is 1. The van der Waals surface area contributed by atoms with Crippen molar-refractivity contribution in [2.45, 2.75) is 13.1 Å². The van der Waals surface area contributed by atoms with Crippen LogP contribution in [0.1, 0.15) is 11.1 Å². The zero-order chi connectivity index (χ0) is 14.8. The van der Waals surface area contributed by atoms with Crippen molar-refractivity contribution in [1.29, 1.82) is 0 Å². The van der Waals surface area contributed by atoms with Crippen molar-refractivity contribution in [3.8, 4) is 0 Å². The average Bonchev–Trinajstić information content (AvgIpc) is 2.51. The van der Waals surface area contributed by atoms with E-state index >= 15 is 0 Å². The van der Waals surface area contributed by atoms with Crippen LogP contribution in [-0.2, 0) is 13.1 Å². The van der Waals surface area contributed by atoms with E-state index in [1.165, 1.54) is 18.3 Å². The maximum Gasteiger partial charge on any atom is 0.207 e. The third kappa shape index (κ3) is 2.55. The van der Waals surface area contributed by atoms with Crippen LogP contribution < -0.4 is 11.2 Å². The lowest BCUT2D eigenvalue weighted by molar-refractivity contribution is 0.618. The van der Waals surface area contributed by atoms with E-state index in [1.54, 1.807) is 16.8 Å². The van der Waals surface area contributed by atoms with Crippen LogP contribution in [0.5, 0.6) is 0 Å². The lowest BCUT2D eigenvalue weighted by Gasteiger charge is -2.12. The number of aromatic nitrogens is 2. The third-order valence-corrected chi connectivity index (χ3v) is 3.47. The predicted molar refractivity (Wildman–Crippen MR) is 79.4 cm³/mol. The van der Waals surface area contributed by atoms with Crippen molar-refractivity contribution in [1.82, 2.24) is 9.78 Å². The van der Waals surface area contributed by atoms with Gasteiger partial charge in [0.2, 0.25) is 5.43 Å². The molecule has 1 heterocycles. The summed E-state index contributed by atoms with van der Waals surface area (Å²) in [6.45, 7) is 0.693. The number of hydrogen-bond acceptors (Lipinski definition) is 3. The monoisotopic (exact) mass is 283 g/mol. The molecule has 5 heteroatoms. The second-order valence-corrected chi connectivity index (χ2v) is 4.80. The van der Waals surface area contributed by atoms with Crippen molar-refractivity contribution in [2.24, 2.45) is 5.73 Å². The molecular weight excluding hydrogens is 269 g/mol. The average molecular weight is 283 g/mol. The van der Waals surface area contributed by atoms with Gasteiger partial charge in [-0.3, -0.25) is 9.48 Å². The SMILES string of the molecule is NCc1ccc(F)cc1Cn1ncc(=O)c2ccccc21. The molecule has 3 rings (SSSR count). The first kappa shape index (κ1) is 13.5. The number of nitrogens with two attached hydrogens (primary N) is 1. The highest BCUT2D eigenvalue weighted by molar-refractivity contribution is 5.78. The normalized spacial score (nSPS) is 11.0. The molecule has 1 aromatic heterocycles. The fourth-order valence-electron chi connectivity index (χ4n) is 2.39. The summed E-state index contributed by atoms with van der Waals surface area (Å²) in [6.07, 6.45) is 1.28. The predicted octanol–water partition coefficient (Wildman–Crippen LogP) is 2.04. The molecule has 0 amide bonds. The fourth-order valence-corrected chi connectivity index (χ4v) is 2.39. The van der Waals surface area contributed by atoms with Crippen molar-refractivity contribution in [3.05, 3.63) is 75.8 Å². The molecular formula is C16H14FN3O. The lowest BCUT2D eigenvalue weighted by Crippen LogP contribution is -2.14. The van der Waals surface area contributed by atoms with Crippen LogP contribution in [0, 0.1) is 5.82 Å². The number of hydrogen-bond donors (Lipinski definition) is 1. The first-order valence-corrected chi connectivity index (χ1v) is 6.61. The minimum Gasteiger partial charge on any atom is -0.326 e. The van der Waals surface area contributed by atoms with E-state index in [-0.39, 0.29) is 11.2 Å². The second kappa shape index (κ2) is 5.46. The molecule has 0 aliphatic carbocycles. The first-order valence-electron chi connectivity index (χ1n) is 6.61. The van der Waals surface area contributed by atoms with E-state index in [2.05, 4.69) is 5.10 Å². The van der Waals surface area contributed by atoms with Gasteiger partial charge in [-0.25, -0.2) is 4.39 Å². The quantitative estimate of drug-likeness (QED) is 0.800. The van der Waals surface area contributed by atoms with Gasteiger partial charge >= 0.3 is 0 Å². The van der Waals surface area contributed by atoms with Crippen molar-refractivity contribution >= 4 is 10.9 Å². The molecule has 4 nitrogen and oxygen atoms in total. The Hall–Kier alpha value is -2.53. The molecule has 0 aliphatic heterocycles. The van der Waals surface area contributed by atoms with Gasteiger partial charge in [-0.05, 0) is 35.4 Å². The first-order chi connectivity index (χ1) is 10.2. The maximum absolute atomic E-state index is 13.4. The summed E-state index contributed by atoms with van der Waals surface area (Å²) in [7, 11) is 0. The minimum atomic E-state index is -0.312. The highest BCUT2D eigenvalue weighted by Gasteiger charge is 2.07. The zero-order valence-corrected chi connectivity index (χ0v) is 11.3. The highest BCUT2D eigenvalue weighted by atomic mass is 19.1. The molecule has 106 valence electrons. The van der Waals surface area contributed by atoms with Gasteiger partial charge in [0.25, 0.3) is 0 Å². The van der Waals surface area contributed by atoms with E-state index < -0.39 is 0 Å². The largest absolute Gasteiger partial charge is 0.326 e. The molecule has 0 aliphatic rings. The summed E-state index contributed by atoms with van der Waals surface area (Å²) in [5, 5.41) is 4.74. The number of nitrogens with zero attached hydrogens (tertiary/aromatic N) is 2. The Morgan fingerprint density at radius 2 is 1.95 bits per heavy atom. The summed E-state index contributed by atoms with van der Waals surface area (Å²) in [5.41, 5.74) is 7.91. The van der Waals surface area contributed by atoms with Crippen LogP contribution in [0.25, 0.3) is 10.9 Å². The van der Waals surface area contributed by atoms with E-state index in [0.717, 1.165) is 16.6 Å². The van der Waals surface area contributed by atoms with Crippen LogP contribution in [0.3, 0.4) is 0 Å². The molecule has 0 saturated carbocycles. The molecule has 21 heavy (non-hydrogen) atoms. The van der Waals surface area contributed by atoms with Gasteiger partial charge in [0.05, 0.1) is 18.3 Å². The summed E-state index contributed by atoms with van der Waals surface area (Å²) < 4.78 is 15.1. The summed E-state index contributed by atoms with van der Waals surface area (Å²) in [5.74, 6) is -0.312. The number of para-hydroxylation sites is 1. The van der Waals surface area contributed by atoms with Crippen molar-refractivity contribution in [3.63, 3.8) is 0 Å². The Kier molecular flexibility index (Phi) is 3.50. The van der Waals surface area contributed by atoms with Gasteiger partial charge in [0.15, 0.2) is 0 Å². The van der Waals surface area contributed by atoms with Crippen LogP contribution in [-0.4, -0.2) is 9.78 Å². The molecule has 0 bridgehead atoms.